The third-order valence-electron chi connectivity index (χ3n) is 5.82. The van der Waals surface area contributed by atoms with Gasteiger partial charge in [0, 0.05) is 0 Å². The summed E-state index contributed by atoms with van der Waals surface area (Å²) < 4.78 is 8.63. The lowest BCUT2D eigenvalue weighted by atomic mass is 10.1. The van der Waals surface area contributed by atoms with Crippen LogP contribution in [0.15, 0.2) is 61.7 Å². The summed E-state index contributed by atoms with van der Waals surface area (Å²) in [6.45, 7) is 14.3. The standard InChI is InChI=1S/C28H32N4/c1-21-15-23(3)27(24(4)16-21)31-13-11-29(19-31)9-7-8-10-30-12-14-32(20-30)28-25(5)17-22(2)18-26(28)6/h11-20H,9-10H2,1-6H3/q+2. The van der Waals surface area contributed by atoms with Crippen molar-refractivity contribution in [1.82, 2.24) is 9.13 Å². The maximum absolute atomic E-state index is 3.30. The van der Waals surface area contributed by atoms with E-state index in [-0.39, 0.29) is 0 Å². The van der Waals surface area contributed by atoms with E-state index in [1.54, 1.807) is 0 Å². The first-order chi connectivity index (χ1) is 15.3. The van der Waals surface area contributed by atoms with Gasteiger partial charge in [-0.15, -0.1) is 0 Å². The Balaban J connectivity index is 1.43. The molecular formula is C28H32N4+2. The van der Waals surface area contributed by atoms with Gasteiger partial charge >= 0.3 is 0 Å². The second-order valence-electron chi connectivity index (χ2n) is 8.83. The van der Waals surface area contributed by atoms with Crippen molar-refractivity contribution in [3.63, 3.8) is 0 Å². The molecule has 2 aromatic heterocycles. The highest BCUT2D eigenvalue weighted by Crippen LogP contribution is 2.21. The first-order valence-corrected chi connectivity index (χ1v) is 11.1. The maximum atomic E-state index is 3.30. The SMILES string of the molecule is Cc1cc(C)c(-n2cc[n+](CC#CC[n+]3ccn(-c4c(C)cc(C)cc4C)c3)c2)c(C)c1. The quantitative estimate of drug-likeness (QED) is 0.341. The van der Waals surface area contributed by atoms with Gasteiger partial charge in [-0.25, -0.2) is 18.3 Å². The van der Waals surface area contributed by atoms with Crippen molar-refractivity contribution in [2.45, 2.75) is 54.6 Å². The van der Waals surface area contributed by atoms with Crippen LogP contribution in [-0.4, -0.2) is 9.13 Å². The van der Waals surface area contributed by atoms with E-state index in [0.717, 1.165) is 0 Å². The lowest BCUT2D eigenvalue weighted by molar-refractivity contribution is -0.686. The van der Waals surface area contributed by atoms with Crippen molar-refractivity contribution in [2.24, 2.45) is 0 Å². The Morgan fingerprint density at radius 3 is 1.28 bits per heavy atom. The minimum atomic E-state index is 0.675. The van der Waals surface area contributed by atoms with Crippen molar-refractivity contribution < 1.29 is 9.13 Å². The fourth-order valence-electron chi connectivity index (χ4n) is 4.69. The Morgan fingerprint density at radius 1 is 0.594 bits per heavy atom. The predicted molar refractivity (Wildman–Crippen MR) is 128 cm³/mol. The molecule has 4 nitrogen and oxygen atoms in total. The molecule has 0 atom stereocenters. The summed E-state index contributed by atoms with van der Waals surface area (Å²) in [5.74, 6) is 6.60. The molecule has 0 bridgehead atoms. The zero-order valence-corrected chi connectivity index (χ0v) is 20.0. The topological polar surface area (TPSA) is 17.6 Å². The monoisotopic (exact) mass is 424 g/mol. The third-order valence-corrected chi connectivity index (χ3v) is 5.82. The van der Waals surface area contributed by atoms with Gasteiger partial charge in [0.25, 0.3) is 0 Å². The van der Waals surface area contributed by atoms with E-state index in [1.165, 1.54) is 44.8 Å². The molecule has 0 unspecified atom stereocenters. The second-order valence-corrected chi connectivity index (χ2v) is 8.83. The second kappa shape index (κ2) is 8.88. The number of hydrogen-bond donors (Lipinski definition) is 0. The Bertz CT molecular complexity index is 1190. The van der Waals surface area contributed by atoms with Crippen LogP contribution < -0.4 is 9.13 Å². The largest absolute Gasteiger partial charge is 0.249 e. The summed E-state index contributed by atoms with van der Waals surface area (Å²) in [7, 11) is 0. The molecule has 4 heteroatoms. The molecule has 0 spiro atoms. The molecule has 0 radical (unpaired) electrons. The van der Waals surface area contributed by atoms with E-state index >= 15 is 0 Å². The van der Waals surface area contributed by atoms with E-state index in [0.29, 0.717) is 13.1 Å². The average Bonchev–Trinajstić information content (AvgIpc) is 3.34. The highest BCUT2D eigenvalue weighted by Gasteiger charge is 2.13. The zero-order chi connectivity index (χ0) is 22.8. The molecule has 0 saturated heterocycles. The van der Waals surface area contributed by atoms with E-state index in [2.05, 4.69) is 133 Å². The Hall–Kier alpha value is -3.58. The van der Waals surface area contributed by atoms with Crippen LogP contribution in [0.2, 0.25) is 0 Å². The van der Waals surface area contributed by atoms with E-state index in [9.17, 15) is 0 Å². The molecule has 32 heavy (non-hydrogen) atoms. The van der Waals surface area contributed by atoms with Gasteiger partial charge in [0.15, 0.2) is 13.1 Å². The summed E-state index contributed by atoms with van der Waals surface area (Å²) in [6, 6.07) is 8.93. The molecule has 4 rings (SSSR count). The molecule has 0 saturated carbocycles. The van der Waals surface area contributed by atoms with Crippen LogP contribution in [0.4, 0.5) is 0 Å². The van der Waals surface area contributed by atoms with Gasteiger partial charge in [-0.05, 0) is 63.8 Å². The molecule has 0 aliphatic heterocycles. The lowest BCUT2D eigenvalue weighted by Crippen LogP contribution is -2.32. The van der Waals surface area contributed by atoms with Crippen molar-refractivity contribution in [2.75, 3.05) is 0 Å². The summed E-state index contributed by atoms with van der Waals surface area (Å²) in [6.07, 6.45) is 12.6. The number of aryl methyl sites for hydroxylation is 6. The summed E-state index contributed by atoms with van der Waals surface area (Å²) in [5, 5.41) is 0. The van der Waals surface area contributed by atoms with Crippen LogP contribution >= 0.6 is 0 Å². The number of rotatable bonds is 4. The van der Waals surface area contributed by atoms with E-state index in [1.807, 2.05) is 0 Å². The van der Waals surface area contributed by atoms with E-state index < -0.39 is 0 Å². The van der Waals surface area contributed by atoms with Crippen LogP contribution in [0, 0.1) is 53.4 Å². The van der Waals surface area contributed by atoms with Crippen LogP contribution in [0.1, 0.15) is 33.4 Å². The third kappa shape index (κ3) is 4.53. The van der Waals surface area contributed by atoms with Crippen molar-refractivity contribution in [3.8, 4) is 23.2 Å². The Kier molecular flexibility index (Phi) is 6.01. The summed E-state index contributed by atoms with van der Waals surface area (Å²) in [5.41, 5.74) is 10.3. The normalized spacial score (nSPS) is 10.8. The smallest absolute Gasteiger partial charge is 0.225 e. The molecule has 0 N–H and O–H groups in total. The highest BCUT2D eigenvalue weighted by atomic mass is 15.1. The Morgan fingerprint density at radius 2 is 0.938 bits per heavy atom. The number of nitrogens with zero attached hydrogens (tertiary/aromatic N) is 4. The van der Waals surface area contributed by atoms with Crippen molar-refractivity contribution >= 4 is 0 Å². The number of aromatic nitrogens is 4. The van der Waals surface area contributed by atoms with Gasteiger partial charge in [0.05, 0.1) is 0 Å². The highest BCUT2D eigenvalue weighted by molar-refractivity contribution is 5.49. The fourth-order valence-corrected chi connectivity index (χ4v) is 4.69. The molecular weight excluding hydrogens is 392 g/mol. The summed E-state index contributed by atoms with van der Waals surface area (Å²) >= 11 is 0. The molecule has 2 aromatic carbocycles. The molecule has 0 amide bonds. The maximum Gasteiger partial charge on any atom is 0.249 e. The van der Waals surface area contributed by atoms with Crippen LogP contribution in [0.25, 0.3) is 11.4 Å². The average molecular weight is 425 g/mol. The predicted octanol–water partition coefficient (Wildman–Crippen LogP) is 4.40. The summed E-state index contributed by atoms with van der Waals surface area (Å²) in [4.78, 5) is 0. The van der Waals surface area contributed by atoms with Crippen molar-refractivity contribution in [3.05, 3.63) is 95.1 Å². The van der Waals surface area contributed by atoms with Crippen LogP contribution in [0.3, 0.4) is 0 Å². The molecule has 4 aromatic rings. The lowest BCUT2D eigenvalue weighted by Gasteiger charge is -2.06. The molecule has 0 aliphatic rings. The molecule has 162 valence electrons. The van der Waals surface area contributed by atoms with Gasteiger partial charge in [0.2, 0.25) is 12.7 Å². The van der Waals surface area contributed by atoms with E-state index in [4.69, 9.17) is 0 Å². The number of benzene rings is 2. The zero-order valence-electron chi connectivity index (χ0n) is 20.0. The van der Waals surface area contributed by atoms with Gasteiger partial charge in [-0.1, -0.05) is 47.2 Å². The molecule has 0 aliphatic carbocycles. The molecule has 0 fully saturated rings. The number of hydrogen-bond acceptors (Lipinski definition) is 0. The van der Waals surface area contributed by atoms with Crippen LogP contribution in [-0.2, 0) is 13.1 Å². The van der Waals surface area contributed by atoms with Gasteiger partial charge < -0.3 is 0 Å². The van der Waals surface area contributed by atoms with Crippen LogP contribution in [0.5, 0.6) is 0 Å². The van der Waals surface area contributed by atoms with Gasteiger partial charge in [-0.2, -0.15) is 0 Å². The first kappa shape index (κ1) is 21.6. The van der Waals surface area contributed by atoms with Crippen molar-refractivity contribution in [1.29, 1.82) is 0 Å². The van der Waals surface area contributed by atoms with Gasteiger partial charge in [0.1, 0.15) is 36.2 Å². The van der Waals surface area contributed by atoms with Gasteiger partial charge in [-0.3, -0.25) is 0 Å². The Labute approximate surface area is 191 Å². The fraction of sp³-hybridized carbons (Fsp3) is 0.286. The minimum Gasteiger partial charge on any atom is -0.225 e. The number of imidazole rings is 2. The minimum absolute atomic E-state index is 0.675. The molecule has 2 heterocycles. The first-order valence-electron chi connectivity index (χ1n) is 11.1.